The molecule has 0 fully saturated rings. The van der Waals surface area contributed by atoms with Gasteiger partial charge in [0.2, 0.25) is 0 Å². The number of nitrogens with one attached hydrogen (secondary N) is 1. The number of hydrogen-bond donors (Lipinski definition) is 1. The Kier molecular flexibility index (Phi) is 10.0. The van der Waals surface area contributed by atoms with E-state index >= 15 is 0 Å². The van der Waals surface area contributed by atoms with Gasteiger partial charge < -0.3 is 5.32 Å². The van der Waals surface area contributed by atoms with Crippen molar-refractivity contribution in [3.8, 4) is 22.3 Å². The van der Waals surface area contributed by atoms with Gasteiger partial charge in [0.15, 0.2) is 0 Å². The molecule has 0 aromatic heterocycles. The van der Waals surface area contributed by atoms with Crippen LogP contribution >= 0.6 is 0 Å². The number of rotatable bonds is 14. The van der Waals surface area contributed by atoms with Crippen molar-refractivity contribution in [1.82, 2.24) is 0 Å². The minimum Gasteiger partial charge on any atom is -0.385 e. The van der Waals surface area contributed by atoms with Gasteiger partial charge in [0, 0.05) is 17.8 Å². The fourth-order valence-electron chi connectivity index (χ4n) is 5.20. The lowest BCUT2D eigenvalue weighted by atomic mass is 9.95. The Labute approximate surface area is 219 Å². The summed E-state index contributed by atoms with van der Waals surface area (Å²) >= 11 is 0. The van der Waals surface area contributed by atoms with Gasteiger partial charge in [0.1, 0.15) is 0 Å². The summed E-state index contributed by atoms with van der Waals surface area (Å²) in [6.07, 6.45) is 13.7. The van der Waals surface area contributed by atoms with Crippen LogP contribution in [0.2, 0.25) is 0 Å². The number of para-hydroxylation sites is 1. The van der Waals surface area contributed by atoms with Crippen molar-refractivity contribution < 1.29 is 0 Å². The molecule has 0 unspecified atom stereocenters. The van der Waals surface area contributed by atoms with Crippen molar-refractivity contribution in [1.29, 1.82) is 0 Å². The third-order valence-electron chi connectivity index (χ3n) is 7.38. The van der Waals surface area contributed by atoms with Crippen LogP contribution in [0.1, 0.15) is 76.7 Å². The average Bonchev–Trinajstić information content (AvgIpc) is 2.92. The molecule has 0 aliphatic heterocycles. The van der Waals surface area contributed by atoms with E-state index in [2.05, 4.69) is 104 Å². The minimum atomic E-state index is 1.04. The molecule has 1 heteroatoms. The van der Waals surface area contributed by atoms with Crippen LogP contribution in [0.15, 0.2) is 84.9 Å². The average molecular weight is 478 g/mol. The first-order chi connectivity index (χ1) is 17.8. The summed E-state index contributed by atoms with van der Waals surface area (Å²) in [5.74, 6) is 0. The highest BCUT2D eigenvalue weighted by atomic mass is 14.9. The molecule has 0 spiro atoms. The Morgan fingerprint density at radius 1 is 0.528 bits per heavy atom. The quantitative estimate of drug-likeness (QED) is 0.178. The van der Waals surface area contributed by atoms with Crippen LogP contribution in [0.25, 0.3) is 33.0 Å². The van der Waals surface area contributed by atoms with Crippen LogP contribution in [0.4, 0.5) is 5.69 Å². The van der Waals surface area contributed by atoms with E-state index in [1.54, 1.807) is 0 Å². The third-order valence-corrected chi connectivity index (χ3v) is 7.38. The number of fused-ring (bicyclic) bond motifs is 1. The first-order valence-corrected chi connectivity index (χ1v) is 14.2. The van der Waals surface area contributed by atoms with Gasteiger partial charge in [-0.2, -0.15) is 0 Å². The van der Waals surface area contributed by atoms with Gasteiger partial charge in [0.25, 0.3) is 0 Å². The Morgan fingerprint density at radius 3 is 1.69 bits per heavy atom. The lowest BCUT2D eigenvalue weighted by Gasteiger charge is -2.13. The molecule has 0 bridgehead atoms. The van der Waals surface area contributed by atoms with Crippen LogP contribution < -0.4 is 5.32 Å². The zero-order valence-electron chi connectivity index (χ0n) is 22.4. The van der Waals surface area contributed by atoms with Crippen molar-refractivity contribution in [3.05, 3.63) is 90.5 Å². The predicted octanol–water partition coefficient (Wildman–Crippen LogP) is 10.8. The summed E-state index contributed by atoms with van der Waals surface area (Å²) in [6.45, 7) is 5.51. The molecule has 4 aromatic rings. The van der Waals surface area contributed by atoms with Gasteiger partial charge in [-0.15, -0.1) is 0 Å². The summed E-state index contributed by atoms with van der Waals surface area (Å²) in [7, 11) is 0. The molecule has 1 nitrogen and oxygen atoms in total. The molecule has 4 aromatic carbocycles. The van der Waals surface area contributed by atoms with Crippen molar-refractivity contribution in [2.45, 2.75) is 78.1 Å². The molecule has 0 aliphatic rings. The van der Waals surface area contributed by atoms with E-state index in [4.69, 9.17) is 0 Å². The highest BCUT2D eigenvalue weighted by molar-refractivity contribution is 5.92. The van der Waals surface area contributed by atoms with Crippen LogP contribution in [0.3, 0.4) is 0 Å². The van der Waals surface area contributed by atoms with E-state index in [-0.39, 0.29) is 0 Å². The van der Waals surface area contributed by atoms with Gasteiger partial charge in [-0.3, -0.25) is 0 Å². The first kappa shape index (κ1) is 26.0. The first-order valence-electron chi connectivity index (χ1n) is 14.2. The normalized spacial score (nSPS) is 11.2. The van der Waals surface area contributed by atoms with Crippen LogP contribution in [0.5, 0.6) is 0 Å². The van der Waals surface area contributed by atoms with E-state index in [0.29, 0.717) is 0 Å². The molecule has 188 valence electrons. The maximum absolute atomic E-state index is 3.72. The molecule has 1 N–H and O–H groups in total. The van der Waals surface area contributed by atoms with E-state index in [1.165, 1.54) is 108 Å². The standard InChI is InChI=1S/C35H43N/c1-3-4-5-6-7-8-9-10-11-16-25-36-35-20-15-14-19-34(35)32-24-22-29-26-31(23-21-30(29)27-32)33-18-13-12-17-28(33)2/h12-15,17-24,26-27,36H,3-11,16,25H2,1-2H3. The maximum atomic E-state index is 3.72. The van der Waals surface area contributed by atoms with Gasteiger partial charge in [-0.05, 0) is 64.6 Å². The highest BCUT2D eigenvalue weighted by Gasteiger charge is 2.07. The fraction of sp³-hybridized carbons (Fsp3) is 0.371. The number of benzene rings is 4. The number of hydrogen-bond acceptors (Lipinski definition) is 1. The Balaban J connectivity index is 1.33. The molecule has 4 rings (SSSR count). The summed E-state index contributed by atoms with van der Waals surface area (Å²) in [5, 5.41) is 6.30. The molecular formula is C35H43N. The zero-order valence-corrected chi connectivity index (χ0v) is 22.4. The van der Waals surface area contributed by atoms with E-state index in [0.717, 1.165) is 6.54 Å². The lowest BCUT2D eigenvalue weighted by molar-refractivity contribution is 0.560. The molecule has 0 amide bonds. The predicted molar refractivity (Wildman–Crippen MR) is 160 cm³/mol. The van der Waals surface area contributed by atoms with Crippen LogP contribution in [0, 0.1) is 6.92 Å². The van der Waals surface area contributed by atoms with Crippen molar-refractivity contribution in [2.75, 3.05) is 11.9 Å². The summed E-state index contributed by atoms with van der Waals surface area (Å²) in [6, 6.07) is 31.1. The Morgan fingerprint density at radius 2 is 1.06 bits per heavy atom. The monoisotopic (exact) mass is 477 g/mol. The van der Waals surface area contributed by atoms with E-state index in [9.17, 15) is 0 Å². The molecule has 0 heterocycles. The second-order valence-electron chi connectivity index (χ2n) is 10.2. The molecule has 36 heavy (non-hydrogen) atoms. The molecular weight excluding hydrogens is 434 g/mol. The lowest BCUT2D eigenvalue weighted by Crippen LogP contribution is -2.02. The Hall–Kier alpha value is -3.06. The zero-order chi connectivity index (χ0) is 25.0. The molecule has 0 saturated carbocycles. The van der Waals surface area contributed by atoms with Crippen molar-refractivity contribution in [3.63, 3.8) is 0 Å². The van der Waals surface area contributed by atoms with E-state index < -0.39 is 0 Å². The largest absolute Gasteiger partial charge is 0.385 e. The van der Waals surface area contributed by atoms with Crippen molar-refractivity contribution in [2.24, 2.45) is 0 Å². The number of anilines is 1. The SMILES string of the molecule is CCCCCCCCCCCCNc1ccccc1-c1ccc2cc(-c3ccccc3C)ccc2c1. The fourth-order valence-corrected chi connectivity index (χ4v) is 5.20. The highest BCUT2D eigenvalue weighted by Crippen LogP contribution is 2.32. The van der Waals surface area contributed by atoms with Crippen molar-refractivity contribution >= 4 is 16.5 Å². The van der Waals surface area contributed by atoms with Gasteiger partial charge in [-0.25, -0.2) is 0 Å². The Bertz CT molecular complexity index is 1220. The summed E-state index contributed by atoms with van der Waals surface area (Å²) in [4.78, 5) is 0. The minimum absolute atomic E-state index is 1.04. The van der Waals surface area contributed by atoms with Gasteiger partial charge in [0.05, 0.1) is 0 Å². The smallest absolute Gasteiger partial charge is 0.0419 e. The van der Waals surface area contributed by atoms with E-state index in [1.807, 2.05) is 0 Å². The topological polar surface area (TPSA) is 12.0 Å². The molecule has 0 atom stereocenters. The molecule has 0 aliphatic carbocycles. The van der Waals surface area contributed by atoms with Crippen LogP contribution in [-0.2, 0) is 0 Å². The molecule has 0 radical (unpaired) electrons. The maximum Gasteiger partial charge on any atom is 0.0419 e. The third kappa shape index (κ3) is 7.23. The second kappa shape index (κ2) is 13.9. The second-order valence-corrected chi connectivity index (χ2v) is 10.2. The number of aryl methyl sites for hydroxylation is 1. The number of unbranched alkanes of at least 4 members (excludes halogenated alkanes) is 9. The van der Waals surface area contributed by atoms with Gasteiger partial charge in [-0.1, -0.05) is 131 Å². The molecule has 0 saturated heterocycles. The van der Waals surface area contributed by atoms with Crippen LogP contribution in [-0.4, -0.2) is 6.54 Å². The van der Waals surface area contributed by atoms with Gasteiger partial charge >= 0.3 is 0 Å². The summed E-state index contributed by atoms with van der Waals surface area (Å²) in [5.41, 5.74) is 7.71. The summed E-state index contributed by atoms with van der Waals surface area (Å²) < 4.78 is 0.